The minimum atomic E-state index is -0.202. The summed E-state index contributed by atoms with van der Waals surface area (Å²) in [6.45, 7) is 1.98. The molecule has 0 radical (unpaired) electrons. The Hall–Kier alpha value is -3.54. The van der Waals surface area contributed by atoms with Crippen LogP contribution in [0.1, 0.15) is 65.1 Å². The number of rotatable bonds is 6. The molecule has 1 atom stereocenters. The summed E-state index contributed by atoms with van der Waals surface area (Å²) in [5, 5.41) is 9.04. The van der Waals surface area contributed by atoms with Crippen molar-refractivity contribution in [1.82, 2.24) is 15.1 Å². The van der Waals surface area contributed by atoms with E-state index in [-0.39, 0.29) is 11.9 Å². The van der Waals surface area contributed by atoms with E-state index in [9.17, 15) is 4.79 Å². The molecule has 38 heavy (non-hydrogen) atoms. The highest BCUT2D eigenvalue weighted by atomic mass is 35.5. The third-order valence-electron chi connectivity index (χ3n) is 6.87. The number of methoxy groups -OCH3 is 1. The number of hydrogen-bond acceptors (Lipinski definition) is 3. The molecule has 7 heteroatoms. The second-order valence-electron chi connectivity index (χ2n) is 9.44. The summed E-state index contributed by atoms with van der Waals surface area (Å²) in [5.74, 6) is 0.602. The van der Waals surface area contributed by atoms with Crippen molar-refractivity contribution in [3.63, 3.8) is 0 Å². The van der Waals surface area contributed by atoms with E-state index in [0.29, 0.717) is 21.4 Å². The monoisotopic (exact) mass is 545 g/mol. The number of halogens is 2. The number of carbonyl (C=O) groups excluding carboxylic acids is 1. The summed E-state index contributed by atoms with van der Waals surface area (Å²) in [6, 6.07) is 23.0. The number of fused-ring (bicyclic) bond motifs is 1. The van der Waals surface area contributed by atoms with Crippen molar-refractivity contribution in [2.75, 3.05) is 7.11 Å². The number of nitrogens with zero attached hydrogens (tertiary/aromatic N) is 2. The molecule has 0 saturated heterocycles. The molecule has 5 nitrogen and oxygen atoms in total. The van der Waals surface area contributed by atoms with Gasteiger partial charge in [0.05, 0.1) is 29.6 Å². The molecule has 1 aliphatic carbocycles. The molecule has 0 spiro atoms. The molecular weight excluding hydrogens is 517 g/mol. The van der Waals surface area contributed by atoms with Gasteiger partial charge in [-0.3, -0.25) is 4.79 Å². The fourth-order valence-corrected chi connectivity index (χ4v) is 5.38. The van der Waals surface area contributed by atoms with E-state index in [4.69, 9.17) is 33.0 Å². The lowest BCUT2D eigenvalue weighted by Crippen LogP contribution is -2.28. The van der Waals surface area contributed by atoms with Crippen LogP contribution < -0.4 is 10.1 Å². The summed E-state index contributed by atoms with van der Waals surface area (Å²) in [4.78, 5) is 13.7. The number of amides is 1. The molecule has 0 saturated carbocycles. The first-order valence-electron chi connectivity index (χ1n) is 12.7. The number of allylic oxidation sites excluding steroid dienone is 1. The maximum absolute atomic E-state index is 13.7. The van der Waals surface area contributed by atoms with E-state index in [1.54, 1.807) is 19.2 Å². The molecule has 4 aromatic rings. The molecule has 1 heterocycles. The van der Waals surface area contributed by atoms with Crippen LogP contribution >= 0.6 is 23.2 Å². The fourth-order valence-electron chi connectivity index (χ4n) is 4.89. The highest BCUT2D eigenvalue weighted by Crippen LogP contribution is 2.37. The maximum Gasteiger partial charge on any atom is 0.272 e. The number of hydrogen-bond donors (Lipinski definition) is 1. The van der Waals surface area contributed by atoms with Gasteiger partial charge in [-0.1, -0.05) is 65.7 Å². The first-order valence-corrected chi connectivity index (χ1v) is 13.5. The summed E-state index contributed by atoms with van der Waals surface area (Å²) in [6.07, 6.45) is 5.74. The zero-order valence-electron chi connectivity index (χ0n) is 21.4. The van der Waals surface area contributed by atoms with Gasteiger partial charge in [0, 0.05) is 10.6 Å². The average Bonchev–Trinajstić information content (AvgIpc) is 3.18. The molecule has 0 aliphatic heterocycles. The van der Waals surface area contributed by atoms with Crippen LogP contribution in [0.5, 0.6) is 5.75 Å². The summed E-state index contributed by atoms with van der Waals surface area (Å²) in [5.41, 5.74) is 6.16. The lowest BCUT2D eigenvalue weighted by atomic mass is 10.0. The van der Waals surface area contributed by atoms with Crippen molar-refractivity contribution in [3.05, 3.63) is 111 Å². The maximum atomic E-state index is 13.7. The molecule has 1 N–H and O–H groups in total. The number of aromatic nitrogens is 2. The van der Waals surface area contributed by atoms with Gasteiger partial charge < -0.3 is 10.1 Å². The molecule has 194 valence electrons. The smallest absolute Gasteiger partial charge is 0.272 e. The molecule has 0 fully saturated rings. The lowest BCUT2D eigenvalue weighted by molar-refractivity contribution is 0.0933. The van der Waals surface area contributed by atoms with Crippen LogP contribution in [-0.2, 0) is 6.42 Å². The van der Waals surface area contributed by atoms with Gasteiger partial charge in [-0.05, 0) is 85.7 Å². The van der Waals surface area contributed by atoms with E-state index < -0.39 is 0 Å². The highest BCUT2D eigenvalue weighted by Gasteiger charge is 2.28. The van der Waals surface area contributed by atoms with Crippen LogP contribution in [0.4, 0.5) is 0 Å². The zero-order chi connectivity index (χ0) is 26.6. The predicted molar refractivity (Wildman–Crippen MR) is 154 cm³/mol. The first-order chi connectivity index (χ1) is 18.4. The molecule has 0 bridgehead atoms. The lowest BCUT2D eigenvalue weighted by Gasteiger charge is -2.14. The van der Waals surface area contributed by atoms with Crippen LogP contribution in [0.25, 0.3) is 17.3 Å². The Bertz CT molecular complexity index is 1480. The first kappa shape index (κ1) is 26.1. The second-order valence-corrected chi connectivity index (χ2v) is 10.3. The van der Waals surface area contributed by atoms with Gasteiger partial charge in [0.1, 0.15) is 5.75 Å². The van der Waals surface area contributed by atoms with Crippen molar-refractivity contribution >= 4 is 40.8 Å². The zero-order valence-corrected chi connectivity index (χ0v) is 22.9. The molecule has 1 amide bonds. The Morgan fingerprint density at radius 1 is 1.03 bits per heavy atom. The Morgan fingerprint density at radius 2 is 1.76 bits per heavy atom. The van der Waals surface area contributed by atoms with Gasteiger partial charge in [-0.2, -0.15) is 5.10 Å². The largest absolute Gasteiger partial charge is 0.497 e. The number of ether oxygens (including phenoxy) is 1. The van der Waals surface area contributed by atoms with Crippen molar-refractivity contribution < 1.29 is 9.53 Å². The number of nitrogens with one attached hydrogen (secondary N) is 1. The Morgan fingerprint density at radius 3 is 2.47 bits per heavy atom. The third-order valence-corrected chi connectivity index (χ3v) is 7.41. The van der Waals surface area contributed by atoms with Gasteiger partial charge in [-0.15, -0.1) is 0 Å². The quantitative estimate of drug-likeness (QED) is 0.250. The minimum Gasteiger partial charge on any atom is -0.497 e. The third kappa shape index (κ3) is 5.50. The van der Waals surface area contributed by atoms with Gasteiger partial charge in [0.2, 0.25) is 0 Å². The topological polar surface area (TPSA) is 56.1 Å². The van der Waals surface area contributed by atoms with E-state index >= 15 is 0 Å². The molecular formula is C31H29Cl2N3O2. The van der Waals surface area contributed by atoms with Crippen LogP contribution in [0.3, 0.4) is 0 Å². The molecule has 1 aliphatic rings. The van der Waals surface area contributed by atoms with E-state index in [0.717, 1.165) is 59.4 Å². The number of benzene rings is 3. The summed E-state index contributed by atoms with van der Waals surface area (Å²) < 4.78 is 7.14. The fraction of sp³-hybridized carbons (Fsp3) is 0.226. The van der Waals surface area contributed by atoms with Crippen molar-refractivity contribution in [1.29, 1.82) is 0 Å². The van der Waals surface area contributed by atoms with Gasteiger partial charge in [0.25, 0.3) is 5.91 Å². The van der Waals surface area contributed by atoms with Gasteiger partial charge in [0.15, 0.2) is 5.69 Å². The highest BCUT2D eigenvalue weighted by molar-refractivity contribution is 6.35. The van der Waals surface area contributed by atoms with E-state index in [1.165, 1.54) is 0 Å². The van der Waals surface area contributed by atoms with Crippen LogP contribution in [0.2, 0.25) is 10.0 Å². The molecule has 1 aromatic heterocycles. The summed E-state index contributed by atoms with van der Waals surface area (Å²) >= 11 is 12.9. The average molecular weight is 546 g/mol. The Kier molecular flexibility index (Phi) is 7.87. The van der Waals surface area contributed by atoms with E-state index in [1.807, 2.05) is 72.3 Å². The van der Waals surface area contributed by atoms with Crippen molar-refractivity contribution in [3.8, 4) is 11.4 Å². The van der Waals surface area contributed by atoms with Crippen molar-refractivity contribution in [2.45, 2.75) is 38.6 Å². The molecule has 0 unspecified atom stereocenters. The van der Waals surface area contributed by atoms with Crippen molar-refractivity contribution in [2.24, 2.45) is 0 Å². The summed E-state index contributed by atoms with van der Waals surface area (Å²) in [7, 11) is 1.66. The standard InChI is InChI=1S/C31H29Cl2N3O2/c1-20(22-8-4-3-5-9-22)34-31(37)29-26-11-7-6-10-23(18-21-12-15-25(38-2)16-13-21)30(26)36(35-29)28-17-14-24(32)19-27(28)33/h3-5,8-9,12-20H,6-7,10-11H2,1-2H3,(H,34,37)/t20-/m1/s1. The van der Waals surface area contributed by atoms with Gasteiger partial charge >= 0.3 is 0 Å². The molecule has 5 rings (SSSR count). The van der Waals surface area contributed by atoms with Crippen LogP contribution in [0.15, 0.2) is 72.8 Å². The SMILES string of the molecule is COc1ccc(C=C2CCCCc3c(C(=O)N[C@H](C)c4ccccc4)nn(-c4ccc(Cl)cc4Cl)c32)cc1. The van der Waals surface area contributed by atoms with Crippen LogP contribution in [-0.4, -0.2) is 22.8 Å². The van der Waals surface area contributed by atoms with E-state index in [2.05, 4.69) is 11.4 Å². The Labute approximate surface area is 233 Å². The second kappa shape index (κ2) is 11.5. The predicted octanol–water partition coefficient (Wildman–Crippen LogP) is 7.95. The van der Waals surface area contributed by atoms with Gasteiger partial charge in [-0.25, -0.2) is 4.68 Å². The number of carbonyl (C=O) groups is 1. The van der Waals surface area contributed by atoms with Crippen LogP contribution in [0, 0.1) is 0 Å². The molecule has 3 aromatic carbocycles. The normalized spacial score (nSPS) is 15.0. The Balaban J connectivity index is 1.63. The minimum absolute atomic E-state index is 0.163.